The molecule has 0 saturated heterocycles. The van der Waals surface area contributed by atoms with Crippen LogP contribution in [0.15, 0.2) is 83.8 Å². The van der Waals surface area contributed by atoms with Crippen LogP contribution in [-0.4, -0.2) is 15.3 Å². The smallest absolute Gasteiger partial charge is 0.312 e. The molecule has 4 aromatic rings. The molecule has 0 aliphatic carbocycles. The van der Waals surface area contributed by atoms with Gasteiger partial charge >= 0.3 is 5.69 Å². The average molecular weight is 409 g/mol. The number of nitrogens with one attached hydrogen (secondary N) is 1. The maximum atomic E-state index is 12.7. The molecule has 0 aliphatic heterocycles. The lowest BCUT2D eigenvalue weighted by atomic mass is 9.99. The molecule has 31 heavy (non-hydrogen) atoms. The number of nitrogens with zero attached hydrogens (tertiary/aromatic N) is 1. The van der Waals surface area contributed by atoms with Crippen LogP contribution in [0.25, 0.3) is 23.0 Å². The number of allylic oxidation sites excluding steroid dienone is 1. The van der Waals surface area contributed by atoms with Crippen molar-refractivity contribution in [1.82, 2.24) is 9.55 Å². The molecule has 0 unspecified atom stereocenters. The van der Waals surface area contributed by atoms with Gasteiger partial charge in [-0.1, -0.05) is 48.5 Å². The van der Waals surface area contributed by atoms with Gasteiger partial charge in [-0.3, -0.25) is 9.36 Å². The van der Waals surface area contributed by atoms with Crippen molar-refractivity contribution in [3.05, 3.63) is 117 Å². The maximum Gasteiger partial charge on any atom is 0.330 e. The van der Waals surface area contributed by atoms with Crippen LogP contribution in [0, 0.1) is 20.8 Å². The van der Waals surface area contributed by atoms with Crippen molar-refractivity contribution >= 4 is 11.9 Å². The Morgan fingerprint density at radius 3 is 2.32 bits per heavy atom. The molecular weight excluding hydrogens is 384 g/mol. The second kappa shape index (κ2) is 8.44. The van der Waals surface area contributed by atoms with Crippen molar-refractivity contribution in [3.8, 4) is 16.9 Å². The fourth-order valence-electron chi connectivity index (χ4n) is 3.65. The van der Waals surface area contributed by atoms with E-state index in [4.69, 9.17) is 0 Å². The lowest BCUT2D eigenvalue weighted by Gasteiger charge is -2.12. The number of rotatable bonds is 5. The zero-order chi connectivity index (χ0) is 22.0. The van der Waals surface area contributed by atoms with Crippen molar-refractivity contribution in [2.75, 3.05) is 0 Å². The number of hydrogen-bond donors (Lipinski definition) is 1. The first kappa shape index (κ1) is 20.4. The molecule has 0 radical (unpaired) electrons. The van der Waals surface area contributed by atoms with Crippen molar-refractivity contribution < 1.29 is 4.79 Å². The van der Waals surface area contributed by atoms with Gasteiger partial charge in [-0.05, 0) is 73.4 Å². The summed E-state index contributed by atoms with van der Waals surface area (Å²) in [6.07, 6.45) is 5.07. The van der Waals surface area contributed by atoms with Gasteiger partial charge < -0.3 is 4.98 Å². The fraction of sp³-hybridized carbons (Fsp3) is 0.111. The Labute approximate surface area is 181 Å². The molecule has 3 aromatic carbocycles. The quantitative estimate of drug-likeness (QED) is 0.342. The van der Waals surface area contributed by atoms with E-state index < -0.39 is 0 Å². The van der Waals surface area contributed by atoms with Crippen molar-refractivity contribution in [3.63, 3.8) is 0 Å². The number of H-pyrrole nitrogens is 1. The Morgan fingerprint density at radius 1 is 0.903 bits per heavy atom. The van der Waals surface area contributed by atoms with E-state index in [2.05, 4.69) is 37.9 Å². The molecule has 1 heterocycles. The van der Waals surface area contributed by atoms with Crippen LogP contribution < -0.4 is 5.69 Å². The summed E-state index contributed by atoms with van der Waals surface area (Å²) in [4.78, 5) is 28.2. The highest BCUT2D eigenvalue weighted by Gasteiger charge is 2.14. The molecule has 0 atom stereocenters. The largest absolute Gasteiger partial charge is 0.330 e. The van der Waals surface area contributed by atoms with Crippen LogP contribution in [-0.2, 0) is 0 Å². The first-order valence-electron chi connectivity index (χ1n) is 10.2. The molecule has 0 bridgehead atoms. The van der Waals surface area contributed by atoms with E-state index >= 15 is 0 Å². The van der Waals surface area contributed by atoms with E-state index in [9.17, 15) is 9.59 Å². The van der Waals surface area contributed by atoms with Gasteiger partial charge in [0.25, 0.3) is 0 Å². The van der Waals surface area contributed by atoms with Crippen molar-refractivity contribution in [2.45, 2.75) is 20.8 Å². The van der Waals surface area contributed by atoms with Crippen LogP contribution in [0.5, 0.6) is 0 Å². The predicted molar refractivity (Wildman–Crippen MR) is 126 cm³/mol. The lowest BCUT2D eigenvalue weighted by Crippen LogP contribution is -2.16. The van der Waals surface area contributed by atoms with E-state index in [-0.39, 0.29) is 11.5 Å². The predicted octanol–water partition coefficient (Wildman–Crippen LogP) is 5.65. The topological polar surface area (TPSA) is 54.9 Å². The number of aromatic nitrogens is 2. The molecule has 0 saturated carbocycles. The third-order valence-corrected chi connectivity index (χ3v) is 5.61. The first-order valence-corrected chi connectivity index (χ1v) is 10.2. The summed E-state index contributed by atoms with van der Waals surface area (Å²) in [5.74, 6) is -0.113. The van der Waals surface area contributed by atoms with Crippen LogP contribution in [0.3, 0.4) is 0 Å². The minimum atomic E-state index is -0.240. The van der Waals surface area contributed by atoms with Gasteiger partial charge in [0.1, 0.15) is 0 Å². The number of carbonyl (C=O) groups excluding carboxylic acids is 1. The normalized spacial score (nSPS) is 11.2. The summed E-state index contributed by atoms with van der Waals surface area (Å²) >= 11 is 0. The first-order chi connectivity index (χ1) is 14.9. The molecule has 0 amide bonds. The summed E-state index contributed by atoms with van der Waals surface area (Å²) in [6, 6.07) is 21.0. The molecule has 4 rings (SSSR count). The molecule has 4 heteroatoms. The standard InChI is InChI=1S/C27H24N2O2/c1-18-14-23(15-19(2)20(18)3)25-17-28-27(31)29(25)24-11-7-10-22(16-24)26(30)13-12-21-8-5-4-6-9-21/h4-17H,1-3H3,(H,28,31). The molecular formula is C27H24N2O2. The highest BCUT2D eigenvalue weighted by atomic mass is 16.1. The number of benzene rings is 3. The third kappa shape index (κ3) is 4.19. The average Bonchev–Trinajstić information content (AvgIpc) is 3.17. The van der Waals surface area contributed by atoms with Crippen LogP contribution in [0.4, 0.5) is 0 Å². The highest BCUT2D eigenvalue weighted by molar-refractivity contribution is 6.07. The summed E-state index contributed by atoms with van der Waals surface area (Å²) in [7, 11) is 0. The number of aryl methyl sites for hydroxylation is 2. The SMILES string of the molecule is Cc1cc(-c2c[nH]c(=O)n2-c2cccc(C(=O)C=Cc3ccccc3)c2)cc(C)c1C. The lowest BCUT2D eigenvalue weighted by molar-refractivity contribution is 0.104. The molecule has 1 aromatic heterocycles. The Morgan fingerprint density at radius 2 is 1.61 bits per heavy atom. The Balaban J connectivity index is 1.72. The summed E-state index contributed by atoms with van der Waals surface area (Å²) < 4.78 is 1.61. The van der Waals surface area contributed by atoms with Gasteiger partial charge in [0.15, 0.2) is 5.78 Å². The van der Waals surface area contributed by atoms with E-state index in [1.165, 1.54) is 16.7 Å². The zero-order valence-electron chi connectivity index (χ0n) is 17.8. The second-order valence-electron chi connectivity index (χ2n) is 7.71. The van der Waals surface area contributed by atoms with E-state index in [1.807, 2.05) is 36.4 Å². The summed E-state index contributed by atoms with van der Waals surface area (Å²) in [6.45, 7) is 6.23. The minimum Gasteiger partial charge on any atom is -0.312 e. The molecule has 0 aliphatic rings. The molecule has 0 fully saturated rings. The monoisotopic (exact) mass is 408 g/mol. The summed E-state index contributed by atoms with van der Waals surface area (Å²) in [5, 5.41) is 0. The second-order valence-corrected chi connectivity index (χ2v) is 7.71. The minimum absolute atomic E-state index is 0.113. The van der Waals surface area contributed by atoms with E-state index in [0.29, 0.717) is 11.3 Å². The molecule has 1 N–H and O–H groups in total. The fourth-order valence-corrected chi connectivity index (χ4v) is 3.65. The molecule has 154 valence electrons. The Bertz CT molecular complexity index is 1320. The number of ketones is 1. The highest BCUT2D eigenvalue weighted by Crippen LogP contribution is 2.26. The maximum absolute atomic E-state index is 12.7. The van der Waals surface area contributed by atoms with Crippen LogP contribution in [0.1, 0.15) is 32.6 Å². The molecule has 0 spiro atoms. The van der Waals surface area contributed by atoms with E-state index in [0.717, 1.165) is 16.8 Å². The number of imidazole rings is 1. The summed E-state index contributed by atoms with van der Waals surface area (Å²) in [5.41, 5.74) is 7.20. The Hall–Kier alpha value is -3.92. The van der Waals surface area contributed by atoms with Crippen LogP contribution in [0.2, 0.25) is 0 Å². The Kier molecular flexibility index (Phi) is 5.54. The van der Waals surface area contributed by atoms with Crippen molar-refractivity contribution in [2.24, 2.45) is 0 Å². The van der Waals surface area contributed by atoms with Crippen molar-refractivity contribution in [1.29, 1.82) is 0 Å². The van der Waals surface area contributed by atoms with Crippen LogP contribution >= 0.6 is 0 Å². The van der Waals surface area contributed by atoms with Gasteiger partial charge in [0.05, 0.1) is 11.4 Å². The zero-order valence-corrected chi connectivity index (χ0v) is 17.8. The number of carbonyl (C=O) groups is 1. The van der Waals surface area contributed by atoms with Gasteiger partial charge in [-0.25, -0.2) is 4.79 Å². The third-order valence-electron chi connectivity index (χ3n) is 5.61. The van der Waals surface area contributed by atoms with Gasteiger partial charge in [0.2, 0.25) is 0 Å². The van der Waals surface area contributed by atoms with E-state index in [1.54, 1.807) is 41.1 Å². The van der Waals surface area contributed by atoms with Gasteiger partial charge in [-0.15, -0.1) is 0 Å². The molecule has 4 nitrogen and oxygen atoms in total. The number of hydrogen-bond acceptors (Lipinski definition) is 2. The van der Waals surface area contributed by atoms with Gasteiger partial charge in [0, 0.05) is 17.3 Å². The van der Waals surface area contributed by atoms with Gasteiger partial charge in [-0.2, -0.15) is 0 Å². The number of aromatic amines is 1.